The van der Waals surface area contributed by atoms with E-state index in [4.69, 9.17) is 4.98 Å². The molecule has 0 unspecified atom stereocenters. The Balaban J connectivity index is 1.90. The number of thioether (sulfide) groups is 1. The topological polar surface area (TPSA) is 50.3 Å². The molecule has 0 saturated carbocycles. The van der Waals surface area contributed by atoms with Gasteiger partial charge >= 0.3 is 0 Å². The Morgan fingerprint density at radius 2 is 1.68 bits per heavy atom. The average Bonchev–Trinajstić information content (AvgIpc) is 2.67. The van der Waals surface area contributed by atoms with Crippen LogP contribution in [0.2, 0.25) is 0 Å². The zero-order valence-corrected chi connectivity index (χ0v) is 15.2. The summed E-state index contributed by atoms with van der Waals surface area (Å²) < 4.78 is 27.8. The number of hydrogen-bond acceptors (Lipinski definition) is 4. The molecule has 0 N–H and O–H groups in total. The van der Waals surface area contributed by atoms with Crippen LogP contribution in [0.25, 0.3) is 11.3 Å². The van der Waals surface area contributed by atoms with E-state index in [0.29, 0.717) is 10.6 Å². The molecule has 0 atom stereocenters. The smallest absolute Gasteiger partial charge is 0.261 e. The zero-order valence-electron chi connectivity index (χ0n) is 13.6. The number of benzene rings is 2. The molecule has 0 aliphatic carbocycles. The van der Waals surface area contributed by atoms with Crippen molar-refractivity contribution >= 4 is 27.5 Å². The van der Waals surface area contributed by atoms with E-state index in [1.165, 1.54) is 4.31 Å². The van der Waals surface area contributed by atoms with Gasteiger partial charge in [-0.1, -0.05) is 42.5 Å². The molecule has 0 saturated heterocycles. The molecule has 1 aliphatic rings. The fraction of sp³-hybridized carbons (Fsp3) is 0.105. The molecule has 2 heterocycles. The quantitative estimate of drug-likeness (QED) is 0.651. The van der Waals surface area contributed by atoms with Gasteiger partial charge in [-0.15, -0.1) is 11.8 Å². The average molecular weight is 368 g/mol. The largest absolute Gasteiger partial charge is 0.264 e. The van der Waals surface area contributed by atoms with Gasteiger partial charge in [0.2, 0.25) is 0 Å². The monoisotopic (exact) mass is 368 g/mol. The van der Waals surface area contributed by atoms with Crippen molar-refractivity contribution in [2.45, 2.75) is 16.5 Å². The van der Waals surface area contributed by atoms with Crippen LogP contribution in [0.15, 0.2) is 76.7 Å². The van der Waals surface area contributed by atoms with Gasteiger partial charge in [0.15, 0.2) is 0 Å². The number of fused-ring (bicyclic) bond motifs is 3. The third-order valence-electron chi connectivity index (χ3n) is 4.24. The van der Waals surface area contributed by atoms with Crippen LogP contribution in [0, 0.1) is 0 Å². The van der Waals surface area contributed by atoms with Gasteiger partial charge in [0.25, 0.3) is 10.0 Å². The molecule has 6 heteroatoms. The SMILES string of the molecule is CSc1ccc2c(n1)-c1ccccc1N(S(=O)(=O)c1ccccc1)C2. The van der Waals surface area contributed by atoms with Crippen molar-refractivity contribution < 1.29 is 8.42 Å². The van der Waals surface area contributed by atoms with Crippen LogP contribution < -0.4 is 4.31 Å². The summed E-state index contributed by atoms with van der Waals surface area (Å²) in [7, 11) is -3.63. The lowest BCUT2D eigenvalue weighted by Gasteiger charge is -2.31. The number of rotatable bonds is 3. The molecule has 25 heavy (non-hydrogen) atoms. The number of nitrogens with zero attached hydrogens (tertiary/aromatic N) is 2. The first-order valence-electron chi connectivity index (χ1n) is 7.82. The molecular weight excluding hydrogens is 352 g/mol. The Morgan fingerprint density at radius 3 is 2.44 bits per heavy atom. The predicted molar refractivity (Wildman–Crippen MR) is 101 cm³/mol. The molecule has 1 aromatic heterocycles. The van der Waals surface area contributed by atoms with Crippen molar-refractivity contribution in [1.82, 2.24) is 4.98 Å². The fourth-order valence-corrected chi connectivity index (χ4v) is 4.88. The maximum absolute atomic E-state index is 13.2. The number of para-hydroxylation sites is 1. The highest BCUT2D eigenvalue weighted by molar-refractivity contribution is 7.98. The first kappa shape index (κ1) is 16.2. The number of sulfonamides is 1. The van der Waals surface area contributed by atoms with Gasteiger partial charge in [-0.25, -0.2) is 13.4 Å². The summed E-state index contributed by atoms with van der Waals surface area (Å²) in [4.78, 5) is 5.00. The fourth-order valence-electron chi connectivity index (χ4n) is 3.01. The molecule has 2 aromatic carbocycles. The zero-order chi connectivity index (χ0) is 17.4. The van der Waals surface area contributed by atoms with Gasteiger partial charge in [-0.2, -0.15) is 0 Å². The minimum absolute atomic E-state index is 0.283. The minimum Gasteiger partial charge on any atom is -0.261 e. The Labute approximate surface area is 151 Å². The van der Waals surface area contributed by atoms with Gasteiger partial charge in [0.1, 0.15) is 0 Å². The molecule has 1 aliphatic heterocycles. The van der Waals surface area contributed by atoms with Gasteiger partial charge < -0.3 is 0 Å². The highest BCUT2D eigenvalue weighted by Crippen LogP contribution is 2.41. The number of pyridine rings is 1. The van der Waals surface area contributed by atoms with Crippen molar-refractivity contribution in [3.05, 3.63) is 72.3 Å². The van der Waals surface area contributed by atoms with Crippen LogP contribution >= 0.6 is 11.8 Å². The molecule has 4 rings (SSSR count). The van der Waals surface area contributed by atoms with Crippen LogP contribution in [0.5, 0.6) is 0 Å². The summed E-state index contributed by atoms with van der Waals surface area (Å²) in [5.74, 6) is 0. The molecule has 0 fully saturated rings. The second-order valence-electron chi connectivity index (χ2n) is 5.70. The van der Waals surface area contributed by atoms with Crippen LogP contribution in [0.1, 0.15) is 5.56 Å². The number of anilines is 1. The lowest BCUT2D eigenvalue weighted by atomic mass is 10.0. The molecule has 0 spiro atoms. The lowest BCUT2D eigenvalue weighted by Crippen LogP contribution is -2.33. The summed E-state index contributed by atoms with van der Waals surface area (Å²) in [6, 6.07) is 20.0. The first-order valence-corrected chi connectivity index (χ1v) is 10.5. The minimum atomic E-state index is -3.63. The summed E-state index contributed by atoms with van der Waals surface area (Å²) in [5.41, 5.74) is 3.29. The van der Waals surface area contributed by atoms with E-state index in [2.05, 4.69) is 0 Å². The maximum Gasteiger partial charge on any atom is 0.264 e. The van der Waals surface area contributed by atoms with E-state index in [-0.39, 0.29) is 6.54 Å². The van der Waals surface area contributed by atoms with Gasteiger partial charge in [-0.3, -0.25) is 4.31 Å². The van der Waals surface area contributed by atoms with Crippen molar-refractivity contribution in [2.24, 2.45) is 0 Å². The van der Waals surface area contributed by atoms with Crippen molar-refractivity contribution in [3.63, 3.8) is 0 Å². The van der Waals surface area contributed by atoms with E-state index in [0.717, 1.165) is 21.8 Å². The lowest BCUT2D eigenvalue weighted by molar-refractivity contribution is 0.590. The second kappa shape index (κ2) is 6.20. The maximum atomic E-state index is 13.2. The van der Waals surface area contributed by atoms with Gasteiger partial charge in [0, 0.05) is 5.56 Å². The molecule has 126 valence electrons. The van der Waals surface area contributed by atoms with E-state index in [1.807, 2.05) is 48.7 Å². The van der Waals surface area contributed by atoms with Crippen LogP contribution in [-0.2, 0) is 16.6 Å². The van der Waals surface area contributed by atoms with Gasteiger partial charge in [0.05, 0.1) is 27.8 Å². The third kappa shape index (κ3) is 2.71. The molecule has 4 nitrogen and oxygen atoms in total. The molecular formula is C19H16N2O2S2. The van der Waals surface area contributed by atoms with Crippen molar-refractivity contribution in [2.75, 3.05) is 10.6 Å². The summed E-state index contributed by atoms with van der Waals surface area (Å²) in [6.07, 6.45) is 1.98. The third-order valence-corrected chi connectivity index (χ3v) is 6.66. The highest BCUT2D eigenvalue weighted by Gasteiger charge is 2.32. The molecule has 3 aromatic rings. The first-order chi connectivity index (χ1) is 12.1. The normalized spacial score (nSPS) is 13.2. The number of aromatic nitrogens is 1. The molecule has 0 bridgehead atoms. The predicted octanol–water partition coefficient (Wildman–Crippen LogP) is 4.18. The van der Waals surface area contributed by atoms with E-state index >= 15 is 0 Å². The standard InChI is InChI=1S/C19H16N2O2S2/c1-24-18-12-11-14-13-21(25(22,23)15-7-3-2-4-8-15)17-10-6-5-9-16(17)19(14)20-18/h2-12H,13H2,1H3. The van der Waals surface area contributed by atoms with E-state index in [1.54, 1.807) is 36.0 Å². The molecule has 0 amide bonds. The Kier molecular flexibility index (Phi) is 4.01. The summed E-state index contributed by atoms with van der Waals surface area (Å²) in [5, 5.41) is 0.924. The van der Waals surface area contributed by atoms with Crippen molar-refractivity contribution in [3.8, 4) is 11.3 Å². The number of hydrogen-bond donors (Lipinski definition) is 0. The summed E-state index contributed by atoms with van der Waals surface area (Å²) in [6.45, 7) is 0.283. The van der Waals surface area contributed by atoms with Crippen LogP contribution in [-0.4, -0.2) is 19.7 Å². The van der Waals surface area contributed by atoms with Gasteiger partial charge in [-0.05, 0) is 36.1 Å². The molecule has 0 radical (unpaired) electrons. The Morgan fingerprint density at radius 1 is 0.960 bits per heavy atom. The highest BCUT2D eigenvalue weighted by atomic mass is 32.2. The Bertz CT molecular complexity index is 1030. The van der Waals surface area contributed by atoms with E-state index in [9.17, 15) is 8.42 Å². The Hall–Kier alpha value is -2.31. The summed E-state index contributed by atoms with van der Waals surface area (Å²) >= 11 is 1.58. The van der Waals surface area contributed by atoms with E-state index < -0.39 is 10.0 Å². The second-order valence-corrected chi connectivity index (χ2v) is 8.39. The van der Waals surface area contributed by atoms with Crippen molar-refractivity contribution in [1.29, 1.82) is 0 Å². The van der Waals surface area contributed by atoms with Crippen LogP contribution in [0.4, 0.5) is 5.69 Å². The van der Waals surface area contributed by atoms with Crippen LogP contribution in [0.3, 0.4) is 0 Å².